The predicted molar refractivity (Wildman–Crippen MR) is 88.9 cm³/mol. The van der Waals surface area contributed by atoms with Gasteiger partial charge < -0.3 is 10.1 Å². The first kappa shape index (κ1) is 17.7. The highest BCUT2D eigenvalue weighted by atomic mass is 19.1. The van der Waals surface area contributed by atoms with Crippen LogP contribution in [0.5, 0.6) is 0 Å². The molecule has 1 amide bonds. The third-order valence-electron chi connectivity index (χ3n) is 3.51. The third-order valence-corrected chi connectivity index (χ3v) is 3.51. The van der Waals surface area contributed by atoms with Gasteiger partial charge in [-0.2, -0.15) is 0 Å². The molecule has 0 radical (unpaired) electrons. The summed E-state index contributed by atoms with van der Waals surface area (Å²) >= 11 is 0. The fraction of sp³-hybridized carbons (Fsp3) is 0.263. The van der Waals surface area contributed by atoms with Crippen molar-refractivity contribution >= 4 is 11.9 Å². The monoisotopic (exact) mass is 329 g/mol. The van der Waals surface area contributed by atoms with Crippen molar-refractivity contribution in [1.29, 1.82) is 0 Å². The number of halogens is 1. The molecule has 0 unspecified atom stereocenters. The van der Waals surface area contributed by atoms with E-state index < -0.39 is 18.4 Å². The Hall–Kier alpha value is -2.69. The summed E-state index contributed by atoms with van der Waals surface area (Å²) < 4.78 is 18.0. The third kappa shape index (κ3) is 5.19. The van der Waals surface area contributed by atoms with Crippen molar-refractivity contribution in [1.82, 2.24) is 5.32 Å². The summed E-state index contributed by atoms with van der Waals surface area (Å²) in [5.41, 5.74) is 1.08. The molecule has 2 aromatic rings. The summed E-state index contributed by atoms with van der Waals surface area (Å²) in [6.07, 6.45) is 1.69. The Morgan fingerprint density at radius 3 is 2.54 bits per heavy atom. The van der Waals surface area contributed by atoms with Crippen molar-refractivity contribution in [3.63, 3.8) is 0 Å². The van der Waals surface area contributed by atoms with Gasteiger partial charge in [0.15, 0.2) is 6.61 Å². The summed E-state index contributed by atoms with van der Waals surface area (Å²) in [6.45, 7) is 1.63. The highest BCUT2D eigenvalue weighted by Crippen LogP contribution is 2.17. The lowest BCUT2D eigenvalue weighted by Gasteiger charge is -2.18. The fourth-order valence-electron chi connectivity index (χ4n) is 2.36. The molecule has 1 N–H and O–H groups in total. The summed E-state index contributed by atoms with van der Waals surface area (Å²) in [5.74, 6) is -1.64. The Labute approximate surface area is 140 Å². The number of ether oxygens (including phenoxy) is 1. The van der Waals surface area contributed by atoms with E-state index in [1.807, 2.05) is 37.3 Å². The maximum atomic E-state index is 13.1. The Morgan fingerprint density at radius 2 is 1.88 bits per heavy atom. The normalized spacial score (nSPS) is 11.6. The second kappa shape index (κ2) is 8.82. The largest absolute Gasteiger partial charge is 0.452 e. The predicted octanol–water partition coefficient (Wildman–Crippen LogP) is 3.64. The van der Waals surface area contributed by atoms with Crippen LogP contribution in [0.4, 0.5) is 4.39 Å². The Kier molecular flexibility index (Phi) is 6.49. The van der Waals surface area contributed by atoms with Crippen LogP contribution in [0.15, 0.2) is 54.6 Å². The van der Waals surface area contributed by atoms with E-state index in [2.05, 4.69) is 5.32 Å². The number of nitrogens with one attached hydrogen (secondary N) is 1. The molecule has 0 aliphatic heterocycles. The molecule has 0 aromatic heterocycles. The van der Waals surface area contributed by atoms with E-state index in [4.69, 9.17) is 4.74 Å². The van der Waals surface area contributed by atoms with Crippen molar-refractivity contribution in [3.05, 3.63) is 71.5 Å². The van der Waals surface area contributed by atoms with Gasteiger partial charge in [0.25, 0.3) is 5.91 Å². The molecule has 2 rings (SSSR count). The lowest BCUT2D eigenvalue weighted by atomic mass is 10.0. The van der Waals surface area contributed by atoms with Crippen LogP contribution in [-0.4, -0.2) is 18.5 Å². The number of esters is 1. The number of benzene rings is 2. The Bertz CT molecular complexity index is 688. The first-order valence-corrected chi connectivity index (χ1v) is 7.87. The molecule has 0 heterocycles. The van der Waals surface area contributed by atoms with Gasteiger partial charge in [0.1, 0.15) is 5.82 Å². The minimum atomic E-state index is -0.726. The Morgan fingerprint density at radius 1 is 1.12 bits per heavy atom. The van der Waals surface area contributed by atoms with Gasteiger partial charge >= 0.3 is 5.97 Å². The average molecular weight is 329 g/mol. The first-order chi connectivity index (χ1) is 11.6. The van der Waals surface area contributed by atoms with E-state index in [0.29, 0.717) is 0 Å². The topological polar surface area (TPSA) is 55.4 Å². The summed E-state index contributed by atoms with van der Waals surface area (Å²) in [4.78, 5) is 23.9. The molecular formula is C19H20FNO3. The number of amides is 1. The van der Waals surface area contributed by atoms with Crippen LogP contribution in [0.25, 0.3) is 0 Å². The SMILES string of the molecule is CCC[C@H](NC(=O)COC(=O)c1cccc(F)c1)c1ccccc1. The lowest BCUT2D eigenvalue weighted by molar-refractivity contribution is -0.125. The molecule has 0 spiro atoms. The zero-order valence-electron chi connectivity index (χ0n) is 13.5. The number of rotatable bonds is 7. The van der Waals surface area contributed by atoms with E-state index in [9.17, 15) is 14.0 Å². The minimum absolute atomic E-state index is 0.0796. The first-order valence-electron chi connectivity index (χ1n) is 7.87. The average Bonchev–Trinajstić information content (AvgIpc) is 2.60. The quantitative estimate of drug-likeness (QED) is 0.789. The van der Waals surface area contributed by atoms with Gasteiger partial charge in [-0.3, -0.25) is 4.79 Å². The van der Waals surface area contributed by atoms with Gasteiger partial charge in [-0.05, 0) is 30.2 Å². The number of carbonyl (C=O) groups excluding carboxylic acids is 2. The highest BCUT2D eigenvalue weighted by molar-refractivity contribution is 5.91. The van der Waals surface area contributed by atoms with Crippen molar-refractivity contribution in [2.24, 2.45) is 0 Å². The standard InChI is InChI=1S/C19H20FNO3/c1-2-7-17(14-8-4-3-5-9-14)21-18(22)13-24-19(23)15-10-6-11-16(20)12-15/h3-6,8-12,17H,2,7,13H2,1H3,(H,21,22)/t17-/m0/s1. The summed E-state index contributed by atoms with van der Waals surface area (Å²) in [6, 6.07) is 14.7. The molecule has 5 heteroatoms. The maximum Gasteiger partial charge on any atom is 0.338 e. The van der Waals surface area contributed by atoms with Crippen molar-refractivity contribution in [3.8, 4) is 0 Å². The highest BCUT2D eigenvalue weighted by Gasteiger charge is 2.15. The minimum Gasteiger partial charge on any atom is -0.452 e. The molecule has 0 saturated heterocycles. The number of carbonyl (C=O) groups is 2. The van der Waals surface area contributed by atoms with Crippen LogP contribution in [0.3, 0.4) is 0 Å². The van der Waals surface area contributed by atoms with Crippen LogP contribution >= 0.6 is 0 Å². The van der Waals surface area contributed by atoms with Gasteiger partial charge in [-0.1, -0.05) is 49.7 Å². The zero-order valence-corrected chi connectivity index (χ0v) is 13.5. The molecule has 24 heavy (non-hydrogen) atoms. The summed E-state index contributed by atoms with van der Waals surface area (Å²) in [5, 5.41) is 2.86. The molecule has 0 aliphatic carbocycles. The second-order valence-electron chi connectivity index (χ2n) is 5.41. The van der Waals surface area contributed by atoms with Gasteiger partial charge in [0.05, 0.1) is 11.6 Å². The van der Waals surface area contributed by atoms with Crippen LogP contribution in [0, 0.1) is 5.82 Å². The van der Waals surface area contributed by atoms with E-state index in [0.717, 1.165) is 24.5 Å². The van der Waals surface area contributed by atoms with E-state index in [1.165, 1.54) is 18.2 Å². The van der Waals surface area contributed by atoms with Gasteiger partial charge in [-0.15, -0.1) is 0 Å². The van der Waals surface area contributed by atoms with Gasteiger partial charge in [0.2, 0.25) is 0 Å². The van der Waals surface area contributed by atoms with Crippen molar-refractivity contribution in [2.45, 2.75) is 25.8 Å². The molecule has 1 atom stereocenters. The molecule has 126 valence electrons. The molecule has 0 bridgehead atoms. The maximum absolute atomic E-state index is 13.1. The molecule has 4 nitrogen and oxygen atoms in total. The lowest BCUT2D eigenvalue weighted by Crippen LogP contribution is -2.32. The molecule has 2 aromatic carbocycles. The van der Waals surface area contributed by atoms with E-state index in [-0.39, 0.29) is 17.5 Å². The number of hydrogen-bond donors (Lipinski definition) is 1. The second-order valence-corrected chi connectivity index (χ2v) is 5.41. The fourth-order valence-corrected chi connectivity index (χ4v) is 2.36. The van der Waals surface area contributed by atoms with E-state index >= 15 is 0 Å². The summed E-state index contributed by atoms with van der Waals surface area (Å²) in [7, 11) is 0. The van der Waals surface area contributed by atoms with E-state index in [1.54, 1.807) is 0 Å². The van der Waals surface area contributed by atoms with Crippen LogP contribution in [0.1, 0.15) is 41.7 Å². The van der Waals surface area contributed by atoms with Crippen molar-refractivity contribution in [2.75, 3.05) is 6.61 Å². The van der Waals surface area contributed by atoms with Crippen molar-refractivity contribution < 1.29 is 18.7 Å². The number of hydrogen-bond acceptors (Lipinski definition) is 3. The molecule has 0 aliphatic rings. The van der Waals surface area contributed by atoms with Gasteiger partial charge in [0, 0.05) is 0 Å². The Balaban J connectivity index is 1.90. The molecule has 0 saturated carbocycles. The zero-order chi connectivity index (χ0) is 17.4. The van der Waals surface area contributed by atoms with Crippen LogP contribution < -0.4 is 5.32 Å². The van der Waals surface area contributed by atoms with Gasteiger partial charge in [-0.25, -0.2) is 9.18 Å². The molecular weight excluding hydrogens is 309 g/mol. The van der Waals surface area contributed by atoms with Crippen LogP contribution in [0.2, 0.25) is 0 Å². The molecule has 0 fully saturated rings. The van der Waals surface area contributed by atoms with Crippen LogP contribution in [-0.2, 0) is 9.53 Å². The smallest absolute Gasteiger partial charge is 0.338 e.